The lowest BCUT2D eigenvalue weighted by molar-refractivity contribution is -0.122. The molecular weight excluding hydrogens is 384 g/mol. The van der Waals surface area contributed by atoms with E-state index in [9.17, 15) is 9.59 Å². The summed E-state index contributed by atoms with van der Waals surface area (Å²) in [5, 5.41) is 3.34. The number of ether oxygens (including phenoxy) is 3. The lowest BCUT2D eigenvalue weighted by Crippen LogP contribution is -2.28. The van der Waals surface area contributed by atoms with Gasteiger partial charge in [-0.1, -0.05) is 17.7 Å². The van der Waals surface area contributed by atoms with Gasteiger partial charge in [0.25, 0.3) is 0 Å². The van der Waals surface area contributed by atoms with E-state index in [-0.39, 0.29) is 24.8 Å². The summed E-state index contributed by atoms with van der Waals surface area (Å²) >= 11 is 5.95. The quantitative estimate of drug-likeness (QED) is 0.798. The predicted octanol–water partition coefficient (Wildman–Crippen LogP) is 3.36. The van der Waals surface area contributed by atoms with Gasteiger partial charge >= 0.3 is 0 Å². The molecule has 1 atom stereocenters. The zero-order valence-corrected chi connectivity index (χ0v) is 16.6. The molecular formula is C20H21ClN2O5. The highest BCUT2D eigenvalue weighted by atomic mass is 35.5. The zero-order chi connectivity index (χ0) is 20.3. The third kappa shape index (κ3) is 3.99. The Morgan fingerprint density at radius 1 is 1.11 bits per heavy atom. The van der Waals surface area contributed by atoms with Crippen LogP contribution in [0.25, 0.3) is 0 Å². The molecule has 0 aromatic heterocycles. The van der Waals surface area contributed by atoms with Crippen LogP contribution in [0.1, 0.15) is 6.42 Å². The molecule has 0 saturated carbocycles. The Balaban J connectivity index is 1.80. The highest BCUT2D eigenvalue weighted by molar-refractivity contribution is 6.30. The molecule has 1 unspecified atom stereocenters. The number of amides is 2. The van der Waals surface area contributed by atoms with E-state index in [2.05, 4.69) is 5.32 Å². The van der Waals surface area contributed by atoms with Gasteiger partial charge < -0.3 is 24.4 Å². The van der Waals surface area contributed by atoms with Gasteiger partial charge in [0.2, 0.25) is 17.6 Å². The second kappa shape index (κ2) is 8.39. The average molecular weight is 405 g/mol. The summed E-state index contributed by atoms with van der Waals surface area (Å²) in [7, 11) is 4.53. The summed E-state index contributed by atoms with van der Waals surface area (Å²) < 4.78 is 16.0. The van der Waals surface area contributed by atoms with Crippen LogP contribution in [0, 0.1) is 5.92 Å². The van der Waals surface area contributed by atoms with Gasteiger partial charge in [-0.3, -0.25) is 9.59 Å². The third-order valence-corrected chi connectivity index (χ3v) is 4.78. The van der Waals surface area contributed by atoms with Crippen LogP contribution in [0.4, 0.5) is 11.4 Å². The molecule has 0 radical (unpaired) electrons. The maximum Gasteiger partial charge on any atom is 0.229 e. The van der Waals surface area contributed by atoms with Crippen molar-refractivity contribution in [2.45, 2.75) is 6.42 Å². The second-order valence-corrected chi connectivity index (χ2v) is 6.72. The molecule has 2 aromatic rings. The van der Waals surface area contributed by atoms with Crippen molar-refractivity contribution in [1.82, 2.24) is 0 Å². The van der Waals surface area contributed by atoms with Crippen LogP contribution in [0.2, 0.25) is 5.02 Å². The van der Waals surface area contributed by atoms with E-state index < -0.39 is 5.92 Å². The number of methoxy groups -OCH3 is 3. The lowest BCUT2D eigenvalue weighted by atomic mass is 10.1. The summed E-state index contributed by atoms with van der Waals surface area (Å²) in [6.07, 6.45) is 0.114. The van der Waals surface area contributed by atoms with Gasteiger partial charge in [-0.2, -0.15) is 0 Å². The Hall–Kier alpha value is -2.93. The molecule has 148 valence electrons. The number of nitrogens with one attached hydrogen (secondary N) is 1. The Morgan fingerprint density at radius 2 is 1.79 bits per heavy atom. The van der Waals surface area contributed by atoms with Crippen molar-refractivity contribution >= 4 is 34.8 Å². The number of hydrogen-bond donors (Lipinski definition) is 1. The Bertz CT molecular complexity index is 877. The van der Waals surface area contributed by atoms with E-state index in [0.717, 1.165) is 0 Å². The van der Waals surface area contributed by atoms with Crippen molar-refractivity contribution in [2.24, 2.45) is 5.92 Å². The number of benzene rings is 2. The van der Waals surface area contributed by atoms with Gasteiger partial charge in [-0.05, 0) is 18.2 Å². The number of anilines is 2. The topological polar surface area (TPSA) is 77.1 Å². The van der Waals surface area contributed by atoms with Gasteiger partial charge in [-0.25, -0.2) is 0 Å². The minimum absolute atomic E-state index is 0.114. The maximum absolute atomic E-state index is 12.6. The van der Waals surface area contributed by atoms with Crippen molar-refractivity contribution < 1.29 is 23.8 Å². The fourth-order valence-electron chi connectivity index (χ4n) is 3.17. The number of hydrogen-bond acceptors (Lipinski definition) is 5. The molecule has 0 bridgehead atoms. The molecule has 1 N–H and O–H groups in total. The molecule has 3 rings (SSSR count). The van der Waals surface area contributed by atoms with Gasteiger partial charge in [0.05, 0.1) is 32.9 Å². The Morgan fingerprint density at radius 3 is 2.36 bits per heavy atom. The molecule has 1 aliphatic rings. The molecule has 28 heavy (non-hydrogen) atoms. The number of nitrogens with zero attached hydrogens (tertiary/aromatic N) is 1. The highest BCUT2D eigenvalue weighted by Crippen LogP contribution is 2.42. The van der Waals surface area contributed by atoms with Crippen molar-refractivity contribution in [3.63, 3.8) is 0 Å². The van der Waals surface area contributed by atoms with Crippen LogP contribution in [0.3, 0.4) is 0 Å². The minimum atomic E-state index is -0.481. The van der Waals surface area contributed by atoms with E-state index in [0.29, 0.717) is 33.6 Å². The van der Waals surface area contributed by atoms with Gasteiger partial charge in [0, 0.05) is 35.8 Å². The SMILES string of the molecule is COc1cc(N2CC(C(=O)Nc3cccc(Cl)c3)CC2=O)cc(OC)c1OC. The summed E-state index contributed by atoms with van der Waals surface area (Å²) in [6.45, 7) is 0.254. The summed E-state index contributed by atoms with van der Waals surface area (Å²) in [6, 6.07) is 10.3. The fourth-order valence-corrected chi connectivity index (χ4v) is 3.36. The molecule has 1 saturated heterocycles. The van der Waals surface area contributed by atoms with Crippen LogP contribution in [-0.4, -0.2) is 39.7 Å². The molecule has 1 aliphatic heterocycles. The van der Waals surface area contributed by atoms with E-state index in [1.165, 1.54) is 21.3 Å². The molecule has 0 aliphatic carbocycles. The van der Waals surface area contributed by atoms with Crippen LogP contribution < -0.4 is 24.4 Å². The smallest absolute Gasteiger partial charge is 0.229 e. The van der Waals surface area contributed by atoms with Crippen molar-refractivity contribution in [2.75, 3.05) is 38.1 Å². The largest absolute Gasteiger partial charge is 0.493 e. The molecule has 1 heterocycles. The lowest BCUT2D eigenvalue weighted by Gasteiger charge is -2.20. The van der Waals surface area contributed by atoms with E-state index in [1.807, 2.05) is 0 Å². The summed E-state index contributed by atoms with van der Waals surface area (Å²) in [5.41, 5.74) is 1.17. The fraction of sp³-hybridized carbons (Fsp3) is 0.300. The number of halogens is 1. The second-order valence-electron chi connectivity index (χ2n) is 6.29. The molecule has 2 amide bonds. The molecule has 0 spiro atoms. The maximum atomic E-state index is 12.6. The Labute approximate surface area is 168 Å². The summed E-state index contributed by atoms with van der Waals surface area (Å²) in [5.74, 6) is 0.459. The van der Waals surface area contributed by atoms with Crippen molar-refractivity contribution in [3.05, 3.63) is 41.4 Å². The number of rotatable bonds is 6. The van der Waals surface area contributed by atoms with E-state index >= 15 is 0 Å². The highest BCUT2D eigenvalue weighted by Gasteiger charge is 2.36. The van der Waals surface area contributed by atoms with Gasteiger partial charge in [0.1, 0.15) is 0 Å². The molecule has 8 heteroatoms. The van der Waals surface area contributed by atoms with Crippen molar-refractivity contribution in [1.29, 1.82) is 0 Å². The standard InChI is InChI=1S/C20H21ClN2O5/c1-26-16-9-15(10-17(27-2)19(16)28-3)23-11-12(7-18(23)24)20(25)22-14-6-4-5-13(21)8-14/h4-6,8-10,12H,7,11H2,1-3H3,(H,22,25). The molecule has 7 nitrogen and oxygen atoms in total. The van der Waals surface area contributed by atoms with Crippen LogP contribution >= 0.6 is 11.6 Å². The van der Waals surface area contributed by atoms with E-state index in [4.69, 9.17) is 25.8 Å². The number of carbonyl (C=O) groups is 2. The third-order valence-electron chi connectivity index (χ3n) is 4.55. The minimum Gasteiger partial charge on any atom is -0.493 e. The van der Waals surface area contributed by atoms with Gasteiger partial charge in [-0.15, -0.1) is 0 Å². The first-order valence-electron chi connectivity index (χ1n) is 8.63. The van der Waals surface area contributed by atoms with Crippen LogP contribution in [0.5, 0.6) is 17.2 Å². The first-order chi connectivity index (χ1) is 13.5. The Kier molecular flexibility index (Phi) is 5.94. The van der Waals surface area contributed by atoms with Crippen LogP contribution in [0.15, 0.2) is 36.4 Å². The van der Waals surface area contributed by atoms with E-state index in [1.54, 1.807) is 41.3 Å². The molecule has 2 aromatic carbocycles. The number of carbonyl (C=O) groups excluding carboxylic acids is 2. The predicted molar refractivity (Wildman–Crippen MR) is 107 cm³/mol. The van der Waals surface area contributed by atoms with Crippen molar-refractivity contribution in [3.8, 4) is 17.2 Å². The monoisotopic (exact) mass is 404 g/mol. The van der Waals surface area contributed by atoms with Gasteiger partial charge in [0.15, 0.2) is 11.5 Å². The average Bonchev–Trinajstić information content (AvgIpc) is 3.08. The normalized spacial score (nSPS) is 16.1. The van der Waals surface area contributed by atoms with Crippen LogP contribution in [-0.2, 0) is 9.59 Å². The summed E-state index contributed by atoms with van der Waals surface area (Å²) in [4.78, 5) is 26.7. The molecule has 1 fully saturated rings. The first-order valence-corrected chi connectivity index (χ1v) is 9.01. The first kappa shape index (κ1) is 19.8. The zero-order valence-electron chi connectivity index (χ0n) is 15.8.